The van der Waals surface area contributed by atoms with E-state index in [-0.39, 0.29) is 0 Å². The Morgan fingerprint density at radius 1 is 1.00 bits per heavy atom. The zero-order chi connectivity index (χ0) is 10.1. The van der Waals surface area contributed by atoms with Crippen molar-refractivity contribution < 1.29 is 0 Å². The zero-order valence-electron chi connectivity index (χ0n) is 9.00. The third-order valence-electron chi connectivity index (χ3n) is 1.85. The molecule has 76 valence electrons. The van der Waals surface area contributed by atoms with E-state index in [4.69, 9.17) is 0 Å². The fourth-order valence-electron chi connectivity index (χ4n) is 1.23. The van der Waals surface area contributed by atoms with Crippen LogP contribution in [0.3, 0.4) is 0 Å². The van der Waals surface area contributed by atoms with Crippen LogP contribution in [0.5, 0.6) is 0 Å². The Morgan fingerprint density at radius 2 is 1.54 bits per heavy atom. The molecule has 0 heterocycles. The van der Waals surface area contributed by atoms with Gasteiger partial charge in [0.1, 0.15) is 0 Å². The normalized spacial score (nSPS) is 10.8. The van der Waals surface area contributed by atoms with Crippen LogP contribution in [0.1, 0.15) is 6.42 Å². The molecule has 0 N–H and O–H groups in total. The second kappa shape index (κ2) is 8.02. The highest BCUT2D eigenvalue weighted by Gasteiger charge is 1.99. The van der Waals surface area contributed by atoms with Crippen molar-refractivity contribution in [1.82, 2.24) is 9.80 Å². The minimum Gasteiger partial charge on any atom is -0.309 e. The molecule has 0 aliphatic rings. The van der Waals surface area contributed by atoms with Gasteiger partial charge in [-0.2, -0.15) is 0 Å². The van der Waals surface area contributed by atoms with Crippen molar-refractivity contribution in [2.24, 2.45) is 0 Å². The van der Waals surface area contributed by atoms with Crippen LogP contribution in [0.4, 0.5) is 0 Å². The van der Waals surface area contributed by atoms with Gasteiger partial charge in [-0.05, 0) is 27.1 Å². The van der Waals surface area contributed by atoms with E-state index in [2.05, 4.69) is 37.1 Å². The summed E-state index contributed by atoms with van der Waals surface area (Å²) in [5, 5.41) is 0. The first kappa shape index (κ1) is 12.4. The Kier molecular flexibility index (Phi) is 7.65. The molecular weight excluding hydrogens is 160 g/mol. The van der Waals surface area contributed by atoms with Gasteiger partial charge in [0.2, 0.25) is 0 Å². The maximum atomic E-state index is 3.74. The average molecular weight is 182 g/mol. The minimum absolute atomic E-state index is 0.958. The number of nitrogens with zero attached hydrogens (tertiary/aromatic N) is 2. The Labute approximate surface area is 82.5 Å². The third-order valence-corrected chi connectivity index (χ3v) is 1.85. The van der Waals surface area contributed by atoms with Gasteiger partial charge < -0.3 is 4.90 Å². The smallest absolute Gasteiger partial charge is 0.0163 e. The van der Waals surface area contributed by atoms with Gasteiger partial charge in [0.25, 0.3) is 0 Å². The lowest BCUT2D eigenvalue weighted by Gasteiger charge is -2.19. The van der Waals surface area contributed by atoms with E-state index in [0.717, 1.165) is 26.2 Å². The molecule has 0 aliphatic carbocycles. The van der Waals surface area contributed by atoms with Crippen LogP contribution in [0, 0.1) is 0 Å². The molecule has 0 aliphatic heterocycles. The van der Waals surface area contributed by atoms with Crippen LogP contribution in [0.2, 0.25) is 0 Å². The van der Waals surface area contributed by atoms with Gasteiger partial charge in [0.15, 0.2) is 0 Å². The largest absolute Gasteiger partial charge is 0.309 e. The molecule has 0 saturated heterocycles. The van der Waals surface area contributed by atoms with E-state index in [0.29, 0.717) is 0 Å². The first-order chi connectivity index (χ1) is 6.20. The highest BCUT2D eigenvalue weighted by molar-refractivity contribution is 4.79. The molecule has 0 atom stereocenters. The lowest BCUT2D eigenvalue weighted by molar-refractivity contribution is 0.300. The predicted octanol–water partition coefficient (Wildman–Crippen LogP) is 1.61. The summed E-state index contributed by atoms with van der Waals surface area (Å²) in [5.41, 5.74) is 0. The zero-order valence-corrected chi connectivity index (χ0v) is 9.00. The van der Waals surface area contributed by atoms with E-state index >= 15 is 0 Å². The van der Waals surface area contributed by atoms with Crippen molar-refractivity contribution in [2.75, 3.05) is 40.3 Å². The molecule has 2 heteroatoms. The van der Waals surface area contributed by atoms with Gasteiger partial charge in [0, 0.05) is 19.6 Å². The summed E-state index contributed by atoms with van der Waals surface area (Å²) < 4.78 is 0. The molecule has 0 aromatic rings. The fourth-order valence-corrected chi connectivity index (χ4v) is 1.23. The summed E-state index contributed by atoms with van der Waals surface area (Å²) >= 11 is 0. The number of rotatable bonds is 8. The maximum Gasteiger partial charge on any atom is 0.0163 e. The molecule has 0 aromatic heterocycles. The van der Waals surface area contributed by atoms with Crippen molar-refractivity contribution in [3.05, 3.63) is 25.3 Å². The van der Waals surface area contributed by atoms with Crippen molar-refractivity contribution >= 4 is 0 Å². The Bertz CT molecular complexity index is 131. The Balaban J connectivity index is 3.55. The summed E-state index contributed by atoms with van der Waals surface area (Å²) in [6.07, 6.45) is 5.09. The van der Waals surface area contributed by atoms with E-state index in [1.807, 2.05) is 12.2 Å². The molecule has 0 fully saturated rings. The van der Waals surface area contributed by atoms with Crippen LogP contribution in [0.25, 0.3) is 0 Å². The summed E-state index contributed by atoms with van der Waals surface area (Å²) in [5.74, 6) is 0. The van der Waals surface area contributed by atoms with Gasteiger partial charge >= 0.3 is 0 Å². The van der Waals surface area contributed by atoms with Crippen molar-refractivity contribution in [3.8, 4) is 0 Å². The van der Waals surface area contributed by atoms with Gasteiger partial charge in [0.05, 0.1) is 0 Å². The molecule has 0 unspecified atom stereocenters. The summed E-state index contributed by atoms with van der Waals surface area (Å²) in [6.45, 7) is 11.7. The van der Waals surface area contributed by atoms with Crippen LogP contribution < -0.4 is 0 Å². The van der Waals surface area contributed by atoms with Crippen LogP contribution >= 0.6 is 0 Å². The lowest BCUT2D eigenvalue weighted by atomic mass is 10.3. The molecule has 0 rings (SSSR count). The molecule has 0 amide bonds. The van der Waals surface area contributed by atoms with Crippen LogP contribution in [-0.4, -0.2) is 50.1 Å². The topological polar surface area (TPSA) is 6.48 Å². The number of hydrogen-bond donors (Lipinski definition) is 0. The van der Waals surface area contributed by atoms with Gasteiger partial charge in [-0.25, -0.2) is 0 Å². The second-order valence-corrected chi connectivity index (χ2v) is 3.49. The molecule has 0 radical (unpaired) electrons. The SMILES string of the molecule is C=CCN(CC=C)CCCN(C)C. The van der Waals surface area contributed by atoms with E-state index in [9.17, 15) is 0 Å². The van der Waals surface area contributed by atoms with Crippen LogP contribution in [0.15, 0.2) is 25.3 Å². The van der Waals surface area contributed by atoms with E-state index in [1.54, 1.807) is 0 Å². The monoisotopic (exact) mass is 182 g/mol. The third kappa shape index (κ3) is 7.75. The minimum atomic E-state index is 0.958. The Hall–Kier alpha value is -0.600. The summed E-state index contributed by atoms with van der Waals surface area (Å²) in [4.78, 5) is 4.55. The lowest BCUT2D eigenvalue weighted by Crippen LogP contribution is -2.27. The Morgan fingerprint density at radius 3 is 1.92 bits per heavy atom. The molecule has 0 bridgehead atoms. The average Bonchev–Trinajstić information content (AvgIpc) is 2.04. The van der Waals surface area contributed by atoms with Crippen molar-refractivity contribution in [3.63, 3.8) is 0 Å². The van der Waals surface area contributed by atoms with Gasteiger partial charge in [-0.15, -0.1) is 13.2 Å². The first-order valence-corrected chi connectivity index (χ1v) is 4.79. The van der Waals surface area contributed by atoms with Gasteiger partial charge in [-0.3, -0.25) is 4.90 Å². The predicted molar refractivity (Wildman–Crippen MR) is 60.0 cm³/mol. The quantitative estimate of drug-likeness (QED) is 0.526. The van der Waals surface area contributed by atoms with E-state index < -0.39 is 0 Å². The van der Waals surface area contributed by atoms with Crippen molar-refractivity contribution in [1.29, 1.82) is 0 Å². The highest BCUT2D eigenvalue weighted by Crippen LogP contribution is 1.93. The molecule has 0 spiro atoms. The molecular formula is C11H22N2. The highest BCUT2D eigenvalue weighted by atomic mass is 15.1. The standard InChI is InChI=1S/C11H22N2/c1-5-8-13(9-6-2)11-7-10-12(3)4/h5-6H,1-2,7-11H2,3-4H3. The van der Waals surface area contributed by atoms with Crippen molar-refractivity contribution in [2.45, 2.75) is 6.42 Å². The van der Waals surface area contributed by atoms with Gasteiger partial charge in [-0.1, -0.05) is 12.2 Å². The fraction of sp³-hybridized carbons (Fsp3) is 0.636. The first-order valence-electron chi connectivity index (χ1n) is 4.79. The molecule has 0 aromatic carbocycles. The maximum absolute atomic E-state index is 3.74. The summed E-state index contributed by atoms with van der Waals surface area (Å²) in [7, 11) is 4.21. The number of hydrogen-bond acceptors (Lipinski definition) is 2. The second-order valence-electron chi connectivity index (χ2n) is 3.49. The van der Waals surface area contributed by atoms with E-state index in [1.165, 1.54) is 6.42 Å². The summed E-state index contributed by atoms with van der Waals surface area (Å²) in [6, 6.07) is 0. The molecule has 0 saturated carbocycles. The molecule has 2 nitrogen and oxygen atoms in total. The van der Waals surface area contributed by atoms with Crippen LogP contribution in [-0.2, 0) is 0 Å². The molecule has 13 heavy (non-hydrogen) atoms.